The number of hydrogen-bond donors (Lipinski definition) is 1. The first kappa shape index (κ1) is 15.6. The minimum Gasteiger partial charge on any atom is -0.398 e. The molecule has 2 rings (SSSR count). The summed E-state index contributed by atoms with van der Waals surface area (Å²) in [5.41, 5.74) is 7.56. The Bertz CT molecular complexity index is 523. The maximum Gasteiger partial charge on any atom is 0.401 e. The third-order valence-corrected chi connectivity index (χ3v) is 3.62. The molecule has 1 heterocycles. The molecule has 7 heteroatoms. The lowest BCUT2D eigenvalue weighted by Crippen LogP contribution is -2.51. The Kier molecular flexibility index (Phi) is 4.41. The van der Waals surface area contributed by atoms with Gasteiger partial charge in [0.25, 0.3) is 5.91 Å². The van der Waals surface area contributed by atoms with Crippen LogP contribution in [0.4, 0.5) is 18.9 Å². The summed E-state index contributed by atoms with van der Waals surface area (Å²) >= 11 is 0. The number of nitrogen functional groups attached to an aromatic ring is 1. The normalized spacial score (nSPS) is 17.0. The summed E-state index contributed by atoms with van der Waals surface area (Å²) in [6.07, 6.45) is -4.20. The van der Waals surface area contributed by atoms with Crippen molar-refractivity contribution in [1.82, 2.24) is 9.80 Å². The van der Waals surface area contributed by atoms with Crippen LogP contribution >= 0.6 is 0 Å². The molecule has 116 valence electrons. The number of nitrogens with two attached hydrogens (primary N) is 1. The number of halogens is 3. The third kappa shape index (κ3) is 3.87. The van der Waals surface area contributed by atoms with Gasteiger partial charge in [-0.25, -0.2) is 0 Å². The van der Waals surface area contributed by atoms with Crippen LogP contribution in [0.2, 0.25) is 0 Å². The first-order chi connectivity index (χ1) is 9.78. The first-order valence-electron chi connectivity index (χ1n) is 6.71. The smallest absolute Gasteiger partial charge is 0.398 e. The van der Waals surface area contributed by atoms with E-state index >= 15 is 0 Å². The molecule has 0 atom stereocenters. The molecule has 0 aromatic heterocycles. The third-order valence-electron chi connectivity index (χ3n) is 3.62. The van der Waals surface area contributed by atoms with Crippen LogP contribution in [-0.2, 0) is 0 Å². The Morgan fingerprint density at radius 3 is 2.43 bits per heavy atom. The van der Waals surface area contributed by atoms with Crippen LogP contribution in [-0.4, -0.2) is 54.6 Å². The molecule has 0 radical (unpaired) electrons. The fraction of sp³-hybridized carbons (Fsp3) is 0.500. The van der Waals surface area contributed by atoms with E-state index in [0.717, 1.165) is 5.56 Å². The minimum atomic E-state index is -4.20. The van der Waals surface area contributed by atoms with Crippen molar-refractivity contribution >= 4 is 11.6 Å². The van der Waals surface area contributed by atoms with Gasteiger partial charge in [-0.2, -0.15) is 13.2 Å². The van der Waals surface area contributed by atoms with Crippen molar-refractivity contribution in [1.29, 1.82) is 0 Å². The van der Waals surface area contributed by atoms with E-state index in [1.54, 1.807) is 17.0 Å². The second-order valence-electron chi connectivity index (χ2n) is 5.22. The molecular formula is C14H18F3N3O. The van der Waals surface area contributed by atoms with Crippen molar-refractivity contribution in [3.63, 3.8) is 0 Å². The van der Waals surface area contributed by atoms with Crippen molar-refractivity contribution in [3.05, 3.63) is 29.3 Å². The number of para-hydroxylation sites is 1. The van der Waals surface area contributed by atoms with Crippen molar-refractivity contribution in [2.45, 2.75) is 13.1 Å². The van der Waals surface area contributed by atoms with E-state index in [1.165, 1.54) is 4.90 Å². The molecule has 0 saturated carbocycles. The summed E-state index contributed by atoms with van der Waals surface area (Å²) in [5.74, 6) is -0.220. The van der Waals surface area contributed by atoms with E-state index in [2.05, 4.69) is 0 Å². The number of amides is 1. The Morgan fingerprint density at radius 2 is 1.86 bits per heavy atom. The topological polar surface area (TPSA) is 49.6 Å². The first-order valence-corrected chi connectivity index (χ1v) is 6.71. The molecular weight excluding hydrogens is 283 g/mol. The van der Waals surface area contributed by atoms with Crippen LogP contribution in [0.3, 0.4) is 0 Å². The van der Waals surface area contributed by atoms with Crippen molar-refractivity contribution in [2.75, 3.05) is 38.5 Å². The number of rotatable bonds is 2. The molecule has 1 aromatic rings. The molecule has 0 unspecified atom stereocenters. The molecule has 1 saturated heterocycles. The highest BCUT2D eigenvalue weighted by molar-refractivity contribution is 5.99. The van der Waals surface area contributed by atoms with Gasteiger partial charge in [0.1, 0.15) is 0 Å². The SMILES string of the molecule is Cc1cccc(C(=O)N2CCN(CC(F)(F)F)CC2)c1N. The van der Waals surface area contributed by atoms with Gasteiger partial charge in [-0.15, -0.1) is 0 Å². The number of aryl methyl sites for hydroxylation is 1. The molecule has 21 heavy (non-hydrogen) atoms. The predicted molar refractivity (Wildman–Crippen MR) is 74.0 cm³/mol. The van der Waals surface area contributed by atoms with Crippen LogP contribution in [0.25, 0.3) is 0 Å². The average Bonchev–Trinajstić information content (AvgIpc) is 2.40. The number of alkyl halides is 3. The minimum absolute atomic E-state index is 0.219. The molecule has 1 amide bonds. The monoisotopic (exact) mass is 301 g/mol. The van der Waals surface area contributed by atoms with E-state index in [-0.39, 0.29) is 32.1 Å². The highest BCUT2D eigenvalue weighted by Crippen LogP contribution is 2.21. The average molecular weight is 301 g/mol. The van der Waals surface area contributed by atoms with Crippen LogP contribution in [0.15, 0.2) is 18.2 Å². The van der Waals surface area contributed by atoms with E-state index in [0.29, 0.717) is 11.3 Å². The number of piperazine rings is 1. The Labute approximate surface area is 121 Å². The zero-order chi connectivity index (χ0) is 15.6. The Morgan fingerprint density at radius 1 is 1.24 bits per heavy atom. The quantitative estimate of drug-likeness (QED) is 0.849. The molecule has 2 N–H and O–H groups in total. The lowest BCUT2D eigenvalue weighted by atomic mass is 10.1. The number of carbonyl (C=O) groups excluding carboxylic acids is 1. The molecule has 1 aromatic carbocycles. The fourth-order valence-corrected chi connectivity index (χ4v) is 2.40. The second-order valence-corrected chi connectivity index (χ2v) is 5.22. The van der Waals surface area contributed by atoms with Gasteiger partial charge in [0, 0.05) is 31.9 Å². The maximum atomic E-state index is 12.4. The lowest BCUT2D eigenvalue weighted by molar-refractivity contribution is -0.148. The van der Waals surface area contributed by atoms with E-state index in [1.807, 2.05) is 13.0 Å². The van der Waals surface area contributed by atoms with Gasteiger partial charge in [-0.1, -0.05) is 12.1 Å². The molecule has 4 nitrogen and oxygen atoms in total. The van der Waals surface area contributed by atoms with Gasteiger partial charge in [0.15, 0.2) is 0 Å². The zero-order valence-electron chi connectivity index (χ0n) is 11.8. The summed E-state index contributed by atoms with van der Waals surface area (Å²) < 4.78 is 37.0. The summed E-state index contributed by atoms with van der Waals surface area (Å²) in [6.45, 7) is 1.88. The number of hydrogen-bond acceptors (Lipinski definition) is 3. The molecule has 1 fully saturated rings. The highest BCUT2D eigenvalue weighted by atomic mass is 19.4. The van der Waals surface area contributed by atoms with Gasteiger partial charge >= 0.3 is 6.18 Å². The summed E-state index contributed by atoms with van der Waals surface area (Å²) in [7, 11) is 0. The standard InChI is InChI=1S/C14H18F3N3O/c1-10-3-2-4-11(12(10)18)13(21)20-7-5-19(6-8-20)9-14(15,16)17/h2-4H,5-9,18H2,1H3. The van der Waals surface area contributed by atoms with Gasteiger partial charge in [0.2, 0.25) is 0 Å². The molecule has 0 aliphatic carbocycles. The Hall–Kier alpha value is -1.76. The summed E-state index contributed by atoms with van der Waals surface area (Å²) in [4.78, 5) is 15.2. The molecule has 0 spiro atoms. The lowest BCUT2D eigenvalue weighted by Gasteiger charge is -2.35. The van der Waals surface area contributed by atoms with E-state index in [4.69, 9.17) is 5.73 Å². The van der Waals surface area contributed by atoms with Gasteiger partial charge in [-0.05, 0) is 18.6 Å². The van der Waals surface area contributed by atoms with E-state index in [9.17, 15) is 18.0 Å². The van der Waals surface area contributed by atoms with E-state index < -0.39 is 12.7 Å². The summed E-state index contributed by atoms with van der Waals surface area (Å²) in [5, 5.41) is 0. The molecule has 0 bridgehead atoms. The van der Waals surface area contributed by atoms with Gasteiger partial charge < -0.3 is 10.6 Å². The number of nitrogens with zero attached hydrogens (tertiary/aromatic N) is 2. The van der Waals surface area contributed by atoms with Crippen molar-refractivity contribution in [2.24, 2.45) is 0 Å². The van der Waals surface area contributed by atoms with Crippen LogP contribution < -0.4 is 5.73 Å². The Balaban J connectivity index is 1.99. The van der Waals surface area contributed by atoms with Crippen molar-refractivity contribution < 1.29 is 18.0 Å². The van der Waals surface area contributed by atoms with Crippen LogP contribution in [0.1, 0.15) is 15.9 Å². The second kappa shape index (κ2) is 5.93. The highest BCUT2D eigenvalue weighted by Gasteiger charge is 2.33. The number of benzene rings is 1. The number of carbonyl (C=O) groups is 1. The predicted octanol–water partition coefficient (Wildman–Crippen LogP) is 1.90. The number of anilines is 1. The fourth-order valence-electron chi connectivity index (χ4n) is 2.40. The van der Waals surface area contributed by atoms with Gasteiger partial charge in [-0.3, -0.25) is 9.69 Å². The summed E-state index contributed by atoms with van der Waals surface area (Å²) in [6, 6.07) is 5.21. The zero-order valence-corrected chi connectivity index (χ0v) is 11.8. The molecule has 1 aliphatic rings. The van der Waals surface area contributed by atoms with Crippen molar-refractivity contribution in [3.8, 4) is 0 Å². The van der Waals surface area contributed by atoms with Crippen LogP contribution in [0, 0.1) is 6.92 Å². The molecule has 1 aliphatic heterocycles. The van der Waals surface area contributed by atoms with Crippen LogP contribution in [0.5, 0.6) is 0 Å². The largest absolute Gasteiger partial charge is 0.401 e. The van der Waals surface area contributed by atoms with Gasteiger partial charge in [0.05, 0.1) is 12.1 Å². The maximum absolute atomic E-state index is 12.4.